The molecule has 1 aromatic carbocycles. The number of nitrogens with one attached hydrogen (secondary N) is 3. The van der Waals surface area contributed by atoms with E-state index < -0.39 is 36.3 Å². The number of carbonyl (C=O) groups excluding carboxylic acids is 4. The lowest BCUT2D eigenvalue weighted by Crippen LogP contribution is -2.57. The number of hydrogen-bond acceptors (Lipinski definition) is 9. The number of urea groups is 1. The Balaban J connectivity index is 1.16. The van der Waals surface area contributed by atoms with Crippen LogP contribution in [0.2, 0.25) is 5.02 Å². The summed E-state index contributed by atoms with van der Waals surface area (Å²) in [5, 5.41) is 20.7. The first kappa shape index (κ1) is 34.2. The molecular formula is C29H30ClF3N10O5. The molecule has 4 amide bonds. The fraction of sp³-hybridized carbons (Fsp3) is 0.414. The first-order chi connectivity index (χ1) is 22.8. The van der Waals surface area contributed by atoms with Gasteiger partial charge < -0.3 is 35.9 Å². The number of anilines is 1. The van der Waals surface area contributed by atoms with Gasteiger partial charge in [0.05, 0.1) is 40.7 Å². The number of benzene rings is 1. The van der Waals surface area contributed by atoms with Gasteiger partial charge >= 0.3 is 12.2 Å². The highest BCUT2D eigenvalue weighted by Crippen LogP contribution is 2.36. The van der Waals surface area contributed by atoms with Gasteiger partial charge in [-0.25, -0.2) is 9.78 Å². The molecule has 19 heteroatoms. The molecule has 15 nitrogen and oxygen atoms in total. The van der Waals surface area contributed by atoms with Crippen LogP contribution >= 0.6 is 11.6 Å². The van der Waals surface area contributed by atoms with Crippen molar-refractivity contribution in [1.82, 2.24) is 34.9 Å². The highest BCUT2D eigenvalue weighted by atomic mass is 35.5. The summed E-state index contributed by atoms with van der Waals surface area (Å²) < 4.78 is 47.9. The van der Waals surface area contributed by atoms with Crippen molar-refractivity contribution in [2.75, 3.05) is 18.4 Å². The molecule has 1 aliphatic carbocycles. The number of ether oxygens (including phenoxy) is 1. The Morgan fingerprint density at radius 1 is 1.19 bits per heavy atom. The van der Waals surface area contributed by atoms with Crippen LogP contribution < -0.4 is 21.7 Å². The highest BCUT2D eigenvalue weighted by molar-refractivity contribution is 6.34. The molecule has 0 bridgehead atoms. The number of alkyl halides is 3. The number of nitriles is 1. The first-order valence-electron chi connectivity index (χ1n) is 14.6. The Morgan fingerprint density at radius 2 is 1.92 bits per heavy atom. The van der Waals surface area contributed by atoms with Gasteiger partial charge in [-0.05, 0) is 31.0 Å². The van der Waals surface area contributed by atoms with Crippen LogP contribution in [0.15, 0.2) is 30.6 Å². The molecule has 2 aromatic heterocycles. The molecule has 2 atom stereocenters. The number of carbonyl (C=O) groups is 4. The zero-order valence-electron chi connectivity index (χ0n) is 25.3. The van der Waals surface area contributed by atoms with Crippen LogP contribution in [0.5, 0.6) is 0 Å². The standard InChI is InChI=1S/C29H30ClF3N10O5/c1-41-23(21-13-42(5-4-34)40-24(21)29(31,32)33)11-36-25(41)27(46)37-15-2-3-20(22(30)8-15)26(45)38-16-6-17(7-16)39-28(47)43-12-19(48-14-44)9-18(43)10-35/h2-3,8,11,13-14,16-19H,5-7,9-10,12,35H2,1H3,(H,37,46)(H,38,45)(H,39,47). The van der Waals surface area contributed by atoms with Crippen LogP contribution in [0.25, 0.3) is 11.3 Å². The lowest BCUT2D eigenvalue weighted by atomic mass is 9.86. The summed E-state index contributed by atoms with van der Waals surface area (Å²) in [5.41, 5.74) is 4.48. The Hall–Kier alpha value is -5.15. The monoisotopic (exact) mass is 690 g/mol. The van der Waals surface area contributed by atoms with Gasteiger partial charge in [-0.3, -0.25) is 19.1 Å². The number of halogens is 4. The maximum absolute atomic E-state index is 13.6. The van der Waals surface area contributed by atoms with Crippen molar-refractivity contribution < 1.29 is 37.1 Å². The van der Waals surface area contributed by atoms with E-state index >= 15 is 0 Å². The molecule has 3 aromatic rings. The molecule has 1 saturated carbocycles. The molecule has 5 rings (SSSR count). The molecule has 0 radical (unpaired) electrons. The zero-order chi connectivity index (χ0) is 34.7. The minimum atomic E-state index is -4.81. The summed E-state index contributed by atoms with van der Waals surface area (Å²) in [5.74, 6) is -1.43. The van der Waals surface area contributed by atoms with E-state index in [1.165, 1.54) is 25.2 Å². The minimum Gasteiger partial charge on any atom is -0.463 e. The summed E-state index contributed by atoms with van der Waals surface area (Å²) in [6, 6.07) is 4.94. The topological polar surface area (TPSA) is 202 Å². The lowest BCUT2D eigenvalue weighted by Gasteiger charge is -2.37. The Kier molecular flexibility index (Phi) is 9.91. The van der Waals surface area contributed by atoms with Gasteiger partial charge in [-0.1, -0.05) is 11.6 Å². The summed E-state index contributed by atoms with van der Waals surface area (Å²) in [7, 11) is 1.36. The van der Waals surface area contributed by atoms with Gasteiger partial charge in [-0.2, -0.15) is 23.5 Å². The third kappa shape index (κ3) is 7.21. The van der Waals surface area contributed by atoms with Gasteiger partial charge in [-0.15, -0.1) is 0 Å². The largest absolute Gasteiger partial charge is 0.463 e. The molecule has 254 valence electrons. The van der Waals surface area contributed by atoms with E-state index in [-0.39, 0.29) is 70.6 Å². The molecule has 0 spiro atoms. The second-order valence-corrected chi connectivity index (χ2v) is 11.7. The van der Waals surface area contributed by atoms with Crippen molar-refractivity contribution in [2.24, 2.45) is 12.8 Å². The van der Waals surface area contributed by atoms with E-state index in [0.717, 1.165) is 21.6 Å². The maximum atomic E-state index is 13.6. The number of imidazole rings is 1. The summed E-state index contributed by atoms with van der Waals surface area (Å²) in [4.78, 5) is 54.8. The van der Waals surface area contributed by atoms with Crippen LogP contribution in [-0.4, -0.2) is 85.9 Å². The fourth-order valence-electron chi connectivity index (χ4n) is 5.70. The third-order valence-electron chi connectivity index (χ3n) is 8.16. The molecule has 5 N–H and O–H groups in total. The van der Waals surface area contributed by atoms with E-state index in [0.29, 0.717) is 25.7 Å². The quantitative estimate of drug-likeness (QED) is 0.230. The van der Waals surface area contributed by atoms with Crippen molar-refractivity contribution in [1.29, 1.82) is 5.26 Å². The van der Waals surface area contributed by atoms with Crippen molar-refractivity contribution in [3.8, 4) is 17.3 Å². The minimum absolute atomic E-state index is 0.0312. The summed E-state index contributed by atoms with van der Waals surface area (Å²) in [6.45, 7) is 0.425. The maximum Gasteiger partial charge on any atom is 0.435 e. The Bertz CT molecular complexity index is 1760. The normalized spacial score (nSPS) is 20.4. The van der Waals surface area contributed by atoms with E-state index in [9.17, 15) is 32.3 Å². The van der Waals surface area contributed by atoms with Gasteiger partial charge in [0.15, 0.2) is 11.5 Å². The number of nitrogens with zero attached hydrogens (tertiary/aromatic N) is 6. The number of aromatic nitrogens is 4. The molecule has 2 fully saturated rings. The predicted molar refractivity (Wildman–Crippen MR) is 162 cm³/mol. The number of amides is 4. The molecule has 2 aliphatic rings. The van der Waals surface area contributed by atoms with Gasteiger partial charge in [0, 0.05) is 50.0 Å². The first-order valence-corrected chi connectivity index (χ1v) is 15.0. The van der Waals surface area contributed by atoms with Crippen LogP contribution in [0.3, 0.4) is 0 Å². The second-order valence-electron chi connectivity index (χ2n) is 11.3. The number of rotatable bonds is 10. The van der Waals surface area contributed by atoms with Gasteiger partial charge in [0.25, 0.3) is 18.3 Å². The molecule has 48 heavy (non-hydrogen) atoms. The molecule has 3 heterocycles. The highest BCUT2D eigenvalue weighted by Gasteiger charge is 2.40. The number of nitrogens with two attached hydrogens (primary N) is 1. The predicted octanol–water partition coefficient (Wildman–Crippen LogP) is 2.28. The molecule has 1 aliphatic heterocycles. The molecule has 2 unspecified atom stereocenters. The number of hydrogen-bond donors (Lipinski definition) is 4. The average Bonchev–Trinajstić information content (AvgIpc) is 3.72. The van der Waals surface area contributed by atoms with Crippen LogP contribution in [0, 0.1) is 11.3 Å². The number of likely N-dealkylation sites (tertiary alicyclic amines) is 1. The van der Waals surface area contributed by atoms with Gasteiger partial charge in [0.2, 0.25) is 0 Å². The average molecular weight is 691 g/mol. The van der Waals surface area contributed by atoms with Gasteiger partial charge in [0.1, 0.15) is 12.6 Å². The van der Waals surface area contributed by atoms with Crippen molar-refractivity contribution in [3.05, 3.63) is 52.7 Å². The van der Waals surface area contributed by atoms with E-state index in [2.05, 4.69) is 26.0 Å². The van der Waals surface area contributed by atoms with E-state index in [1.54, 1.807) is 11.0 Å². The summed E-state index contributed by atoms with van der Waals surface area (Å²) in [6.07, 6.45) is -1.65. The van der Waals surface area contributed by atoms with E-state index in [1.807, 2.05) is 0 Å². The smallest absolute Gasteiger partial charge is 0.435 e. The van der Waals surface area contributed by atoms with Crippen LogP contribution in [-0.2, 0) is 29.3 Å². The van der Waals surface area contributed by atoms with Crippen molar-refractivity contribution in [2.45, 2.75) is 56.2 Å². The lowest BCUT2D eigenvalue weighted by molar-refractivity contribution is -0.141. The van der Waals surface area contributed by atoms with Crippen molar-refractivity contribution in [3.63, 3.8) is 0 Å². The second kappa shape index (κ2) is 13.9. The molecular weight excluding hydrogens is 661 g/mol. The van der Waals surface area contributed by atoms with Crippen LogP contribution in [0.4, 0.5) is 23.7 Å². The third-order valence-corrected chi connectivity index (χ3v) is 8.47. The molecule has 1 saturated heterocycles. The Labute approximate surface area is 276 Å². The van der Waals surface area contributed by atoms with Crippen LogP contribution in [0.1, 0.15) is 45.9 Å². The zero-order valence-corrected chi connectivity index (χ0v) is 26.1. The van der Waals surface area contributed by atoms with Crippen molar-refractivity contribution >= 4 is 41.6 Å². The van der Waals surface area contributed by atoms with E-state index in [4.69, 9.17) is 27.3 Å². The SMILES string of the molecule is Cn1c(-c2cn(CC#N)nc2C(F)(F)F)cnc1C(=O)Nc1ccc(C(=O)NC2CC(NC(=O)N3CC(OC=O)CC3CN)C2)c(Cl)c1. The summed E-state index contributed by atoms with van der Waals surface area (Å²) >= 11 is 6.36. The Morgan fingerprint density at radius 3 is 2.56 bits per heavy atom. The fourth-order valence-corrected chi connectivity index (χ4v) is 5.97.